The zero-order valence-corrected chi connectivity index (χ0v) is 19.2. The maximum Gasteiger partial charge on any atom is 0.354 e. The molecule has 31 heavy (non-hydrogen) atoms. The Morgan fingerprint density at radius 2 is 1.77 bits per heavy atom. The van der Waals surface area contributed by atoms with Crippen LogP contribution in [0.2, 0.25) is 0 Å². The zero-order chi connectivity index (χ0) is 23.1. The number of hydrogen-bond donors (Lipinski definition) is 0. The number of nitrogens with zero attached hydrogens (tertiary/aromatic N) is 2. The van der Waals surface area contributed by atoms with Crippen molar-refractivity contribution in [2.45, 2.75) is 40.2 Å². The van der Waals surface area contributed by atoms with Crippen molar-refractivity contribution < 1.29 is 23.9 Å². The minimum Gasteiger partial charge on any atom is -0.464 e. The molecule has 0 radical (unpaired) electrons. The average molecular weight is 429 g/mol. The number of esters is 1. The van der Waals surface area contributed by atoms with Gasteiger partial charge in [-0.15, -0.1) is 0 Å². The van der Waals surface area contributed by atoms with Crippen molar-refractivity contribution in [3.63, 3.8) is 0 Å². The Morgan fingerprint density at radius 1 is 1.13 bits per heavy atom. The van der Waals surface area contributed by atoms with Crippen LogP contribution in [0.25, 0.3) is 0 Å². The molecule has 7 nitrogen and oxygen atoms in total. The van der Waals surface area contributed by atoms with E-state index in [9.17, 15) is 14.4 Å². The molecule has 0 bridgehead atoms. The molecular weight excluding hydrogens is 396 g/mol. The number of methoxy groups -OCH3 is 1. The summed E-state index contributed by atoms with van der Waals surface area (Å²) in [7, 11) is 3.04. The number of ketones is 1. The number of aromatic nitrogens is 1. The van der Waals surface area contributed by atoms with E-state index in [4.69, 9.17) is 9.47 Å². The van der Waals surface area contributed by atoms with E-state index in [0.717, 1.165) is 0 Å². The molecule has 2 rings (SSSR count). The lowest BCUT2D eigenvalue weighted by Crippen LogP contribution is -2.44. The van der Waals surface area contributed by atoms with E-state index in [1.54, 1.807) is 61.6 Å². The lowest BCUT2D eigenvalue weighted by atomic mass is 9.99. The Hall–Kier alpha value is -2.93. The van der Waals surface area contributed by atoms with Crippen molar-refractivity contribution in [1.82, 2.24) is 9.47 Å². The second kappa shape index (κ2) is 10.9. The molecule has 0 N–H and O–H groups in total. The summed E-state index contributed by atoms with van der Waals surface area (Å²) in [4.78, 5) is 40.6. The zero-order valence-electron chi connectivity index (χ0n) is 19.2. The number of carbonyl (C=O) groups excluding carboxylic acids is 3. The smallest absolute Gasteiger partial charge is 0.354 e. The molecule has 0 saturated heterocycles. The summed E-state index contributed by atoms with van der Waals surface area (Å²) in [6.45, 7) is 8.66. The third-order valence-corrected chi connectivity index (χ3v) is 5.58. The molecule has 0 aliphatic carbocycles. The van der Waals surface area contributed by atoms with Crippen LogP contribution < -0.4 is 0 Å². The highest BCUT2D eigenvalue weighted by atomic mass is 16.5. The topological polar surface area (TPSA) is 77.8 Å². The van der Waals surface area contributed by atoms with Gasteiger partial charge in [0.1, 0.15) is 5.69 Å². The number of hydrogen-bond acceptors (Lipinski definition) is 5. The molecule has 1 atom stereocenters. The lowest BCUT2D eigenvalue weighted by Gasteiger charge is -2.29. The number of amides is 1. The van der Waals surface area contributed by atoms with Gasteiger partial charge in [-0.25, -0.2) is 4.79 Å². The van der Waals surface area contributed by atoms with Gasteiger partial charge >= 0.3 is 5.97 Å². The van der Waals surface area contributed by atoms with Gasteiger partial charge in [0, 0.05) is 43.6 Å². The van der Waals surface area contributed by atoms with Crippen LogP contribution in [0.3, 0.4) is 0 Å². The number of rotatable bonds is 10. The highest BCUT2D eigenvalue weighted by Crippen LogP contribution is 2.25. The van der Waals surface area contributed by atoms with E-state index >= 15 is 0 Å². The molecule has 1 heterocycles. The van der Waals surface area contributed by atoms with Crippen molar-refractivity contribution >= 4 is 17.7 Å². The van der Waals surface area contributed by atoms with Crippen molar-refractivity contribution in [3.8, 4) is 0 Å². The van der Waals surface area contributed by atoms with E-state index in [2.05, 4.69) is 0 Å². The van der Waals surface area contributed by atoms with Gasteiger partial charge in [-0.1, -0.05) is 18.2 Å². The molecule has 1 aromatic carbocycles. The Bertz CT molecular complexity index is 933. The van der Waals surface area contributed by atoms with Crippen LogP contribution >= 0.6 is 0 Å². The van der Waals surface area contributed by atoms with E-state index in [1.165, 1.54) is 7.11 Å². The van der Waals surface area contributed by atoms with Crippen LogP contribution in [0.1, 0.15) is 62.7 Å². The number of ether oxygens (including phenoxy) is 2. The third-order valence-electron chi connectivity index (χ3n) is 5.58. The predicted molar refractivity (Wildman–Crippen MR) is 119 cm³/mol. The summed E-state index contributed by atoms with van der Waals surface area (Å²) in [5.74, 6) is -0.914. The molecule has 0 aliphatic rings. The summed E-state index contributed by atoms with van der Waals surface area (Å²) in [6.07, 6.45) is 0.615. The van der Waals surface area contributed by atoms with Gasteiger partial charge in [0.25, 0.3) is 5.91 Å². The summed E-state index contributed by atoms with van der Waals surface area (Å²) < 4.78 is 12.0. The molecule has 1 aromatic heterocycles. The van der Waals surface area contributed by atoms with Crippen molar-refractivity contribution in [1.29, 1.82) is 0 Å². The first kappa shape index (κ1) is 24.3. The van der Waals surface area contributed by atoms with E-state index in [-0.39, 0.29) is 11.7 Å². The summed E-state index contributed by atoms with van der Waals surface area (Å²) in [5, 5.41) is 0. The normalized spacial score (nSPS) is 11.8. The fourth-order valence-electron chi connectivity index (χ4n) is 3.78. The SMILES string of the molecule is CCOCCCN(C(=O)c1ccccc1)C(C)C(=O)c1c(C)c(C(=O)OC)n(C)c1C. The Balaban J connectivity index is 2.39. The lowest BCUT2D eigenvalue weighted by molar-refractivity contribution is 0.0585. The van der Waals surface area contributed by atoms with Gasteiger partial charge in [0.05, 0.1) is 13.2 Å². The summed E-state index contributed by atoms with van der Waals surface area (Å²) in [5.41, 5.74) is 2.54. The largest absolute Gasteiger partial charge is 0.464 e. The molecule has 0 saturated carbocycles. The van der Waals surface area contributed by atoms with Crippen LogP contribution in [0.5, 0.6) is 0 Å². The van der Waals surface area contributed by atoms with Crippen LogP contribution in [0, 0.1) is 13.8 Å². The molecule has 0 fully saturated rings. The predicted octanol–water partition coefficient (Wildman–Crippen LogP) is 3.57. The van der Waals surface area contributed by atoms with E-state index in [0.29, 0.717) is 54.3 Å². The highest BCUT2D eigenvalue weighted by molar-refractivity contribution is 6.07. The van der Waals surface area contributed by atoms with Crippen LogP contribution in [-0.2, 0) is 16.5 Å². The van der Waals surface area contributed by atoms with E-state index in [1.807, 2.05) is 13.0 Å². The molecule has 1 amide bonds. The Morgan fingerprint density at radius 3 is 2.35 bits per heavy atom. The minimum absolute atomic E-state index is 0.207. The molecule has 1 unspecified atom stereocenters. The minimum atomic E-state index is -0.709. The average Bonchev–Trinajstić information content (AvgIpc) is 3.00. The summed E-state index contributed by atoms with van der Waals surface area (Å²) >= 11 is 0. The second-order valence-electron chi connectivity index (χ2n) is 7.44. The fourth-order valence-corrected chi connectivity index (χ4v) is 3.78. The Kier molecular flexibility index (Phi) is 8.56. The van der Waals surface area contributed by atoms with Crippen molar-refractivity contribution in [2.24, 2.45) is 7.05 Å². The quantitative estimate of drug-likeness (QED) is 0.328. The number of Topliss-reactive ketones (excluding diaryl/α,β-unsaturated/α-hetero) is 1. The van der Waals surface area contributed by atoms with Gasteiger partial charge < -0.3 is 18.9 Å². The van der Waals surface area contributed by atoms with Gasteiger partial charge in [-0.05, 0) is 51.8 Å². The molecule has 2 aromatic rings. The molecule has 0 spiro atoms. The number of carbonyl (C=O) groups is 3. The van der Waals surface area contributed by atoms with Gasteiger partial charge in [0.15, 0.2) is 5.78 Å². The van der Waals surface area contributed by atoms with Crippen molar-refractivity contribution in [3.05, 3.63) is 58.4 Å². The van der Waals surface area contributed by atoms with Gasteiger partial charge in [-0.2, -0.15) is 0 Å². The maximum atomic E-state index is 13.5. The molecular formula is C24H32N2O5. The van der Waals surface area contributed by atoms with Crippen molar-refractivity contribution in [2.75, 3.05) is 26.9 Å². The third kappa shape index (κ3) is 5.22. The van der Waals surface area contributed by atoms with Gasteiger partial charge in [-0.3, -0.25) is 9.59 Å². The van der Waals surface area contributed by atoms with Gasteiger partial charge in [0.2, 0.25) is 0 Å². The highest BCUT2D eigenvalue weighted by Gasteiger charge is 2.32. The second-order valence-corrected chi connectivity index (χ2v) is 7.44. The van der Waals surface area contributed by atoms with Crippen LogP contribution in [0.15, 0.2) is 30.3 Å². The van der Waals surface area contributed by atoms with Crippen LogP contribution in [0.4, 0.5) is 0 Å². The first-order valence-electron chi connectivity index (χ1n) is 10.5. The Labute approximate surface area is 183 Å². The first-order valence-corrected chi connectivity index (χ1v) is 10.5. The molecule has 7 heteroatoms. The number of benzene rings is 1. The first-order chi connectivity index (χ1) is 14.8. The van der Waals surface area contributed by atoms with E-state index < -0.39 is 12.0 Å². The maximum absolute atomic E-state index is 13.5. The molecule has 0 aliphatic heterocycles. The summed E-state index contributed by atoms with van der Waals surface area (Å²) in [6, 6.07) is 8.21. The monoisotopic (exact) mass is 428 g/mol. The molecule has 168 valence electrons. The fraction of sp³-hybridized carbons (Fsp3) is 0.458. The standard InChI is InChI=1S/C24H32N2O5/c1-7-31-15-11-14-26(23(28)19-12-9-8-10-13-19)18(4)22(27)20-16(2)21(24(29)30-6)25(5)17(20)3/h8-10,12-13,18H,7,11,14-15H2,1-6H3. The van der Waals surface area contributed by atoms with Crippen LogP contribution in [-0.4, -0.2) is 60.0 Å².